The molecule has 8 heteroatoms. The van der Waals surface area contributed by atoms with Crippen LogP contribution in [0.1, 0.15) is 16.1 Å². The lowest BCUT2D eigenvalue weighted by molar-refractivity contribution is -0.0855. The fourth-order valence-electron chi connectivity index (χ4n) is 2.48. The van der Waals surface area contributed by atoms with E-state index in [-0.39, 0.29) is 40.3 Å². The van der Waals surface area contributed by atoms with Gasteiger partial charge in [-0.1, -0.05) is 22.8 Å². The Morgan fingerprint density at radius 2 is 2.29 bits per heavy atom. The molecule has 1 aromatic heterocycles. The maximum Gasteiger partial charge on any atom is 0.257 e. The molecular formula is C16H16ClFN2O4. The fraction of sp³-hybridized carbons (Fsp3) is 0.375. The van der Waals surface area contributed by atoms with Gasteiger partial charge in [0.25, 0.3) is 5.91 Å². The first kappa shape index (κ1) is 16.9. The number of ether oxygens (including phenoxy) is 2. The predicted octanol–water partition coefficient (Wildman–Crippen LogP) is 2.59. The van der Waals surface area contributed by atoms with Crippen LogP contribution in [0.3, 0.4) is 0 Å². The highest BCUT2D eigenvalue weighted by molar-refractivity contribution is 6.33. The molecule has 6 nitrogen and oxygen atoms in total. The van der Waals surface area contributed by atoms with Crippen molar-refractivity contribution in [1.82, 2.24) is 10.5 Å². The molecule has 2 heterocycles. The molecule has 0 unspecified atom stereocenters. The van der Waals surface area contributed by atoms with E-state index >= 15 is 0 Å². The van der Waals surface area contributed by atoms with Crippen LogP contribution in [0.5, 0.6) is 0 Å². The number of rotatable bonds is 4. The second kappa shape index (κ2) is 7.29. The summed E-state index contributed by atoms with van der Waals surface area (Å²) in [6, 6.07) is 4.26. The number of hydrogen-bond donors (Lipinski definition) is 1. The zero-order chi connectivity index (χ0) is 17.1. The number of aryl methyl sites for hydroxylation is 1. The van der Waals surface area contributed by atoms with Crippen LogP contribution >= 0.6 is 11.6 Å². The van der Waals surface area contributed by atoms with Crippen molar-refractivity contribution in [3.63, 3.8) is 0 Å². The Kier molecular flexibility index (Phi) is 5.13. The summed E-state index contributed by atoms with van der Waals surface area (Å²) in [5.74, 6) is -0.728. The molecule has 1 aliphatic heterocycles. The largest absolute Gasteiger partial charge is 0.376 e. The van der Waals surface area contributed by atoms with Gasteiger partial charge in [-0.2, -0.15) is 0 Å². The van der Waals surface area contributed by atoms with Crippen LogP contribution in [0.15, 0.2) is 22.7 Å². The molecule has 0 bridgehead atoms. The fourth-order valence-corrected chi connectivity index (χ4v) is 2.74. The topological polar surface area (TPSA) is 73.6 Å². The lowest BCUT2D eigenvalue weighted by atomic mass is 10.0. The number of aromatic nitrogens is 1. The summed E-state index contributed by atoms with van der Waals surface area (Å²) in [5, 5.41) is 6.70. The number of nitrogens with one attached hydrogen (secondary N) is 1. The molecule has 1 fully saturated rings. The van der Waals surface area contributed by atoms with E-state index in [1.165, 1.54) is 18.2 Å². The summed E-state index contributed by atoms with van der Waals surface area (Å²) >= 11 is 6.06. The van der Waals surface area contributed by atoms with Crippen LogP contribution in [0.4, 0.5) is 4.39 Å². The molecular weight excluding hydrogens is 339 g/mol. The predicted molar refractivity (Wildman–Crippen MR) is 84.5 cm³/mol. The number of nitrogens with zero attached hydrogens (tertiary/aromatic N) is 1. The molecule has 24 heavy (non-hydrogen) atoms. The van der Waals surface area contributed by atoms with Crippen molar-refractivity contribution in [2.75, 3.05) is 26.4 Å². The van der Waals surface area contributed by atoms with Crippen molar-refractivity contribution >= 4 is 17.5 Å². The van der Waals surface area contributed by atoms with Crippen LogP contribution < -0.4 is 5.32 Å². The standard InChI is InChI=1S/C16H16ClFN2O4/c1-9-13(16(21)19-7-10-8-22-5-6-23-10)15(20-24-9)14-11(17)3-2-4-12(14)18/h2-4,10H,5-8H2,1H3,(H,19,21)/t10-/m0/s1. The number of hydrogen-bond acceptors (Lipinski definition) is 5. The normalized spacial score (nSPS) is 17.7. The van der Waals surface area contributed by atoms with Gasteiger partial charge in [0.05, 0.1) is 36.5 Å². The Bertz CT molecular complexity index is 723. The second-order valence-corrected chi connectivity index (χ2v) is 5.74. The molecule has 0 saturated carbocycles. The molecule has 1 aromatic carbocycles. The molecule has 2 aromatic rings. The summed E-state index contributed by atoms with van der Waals surface area (Å²) in [6.45, 7) is 3.30. The Morgan fingerprint density at radius 3 is 3.00 bits per heavy atom. The van der Waals surface area contributed by atoms with Gasteiger partial charge in [-0.05, 0) is 19.1 Å². The van der Waals surface area contributed by atoms with Gasteiger partial charge >= 0.3 is 0 Å². The van der Waals surface area contributed by atoms with Gasteiger partial charge in [-0.25, -0.2) is 4.39 Å². The van der Waals surface area contributed by atoms with Crippen molar-refractivity contribution < 1.29 is 23.2 Å². The molecule has 0 aliphatic carbocycles. The van der Waals surface area contributed by atoms with Gasteiger partial charge in [-0.3, -0.25) is 4.79 Å². The minimum absolute atomic E-state index is 0.0402. The lowest BCUT2D eigenvalue weighted by Crippen LogP contribution is -2.39. The summed E-state index contributed by atoms with van der Waals surface area (Å²) in [4.78, 5) is 12.5. The summed E-state index contributed by atoms with van der Waals surface area (Å²) < 4.78 is 30.0. The second-order valence-electron chi connectivity index (χ2n) is 5.34. The van der Waals surface area contributed by atoms with Gasteiger partial charge in [0.1, 0.15) is 22.8 Å². The number of halogens is 2. The highest BCUT2D eigenvalue weighted by Gasteiger charge is 2.26. The SMILES string of the molecule is Cc1onc(-c2c(F)cccc2Cl)c1C(=O)NC[C@H]1COCCO1. The number of carbonyl (C=O) groups is 1. The third-order valence-corrected chi connectivity index (χ3v) is 3.98. The van der Waals surface area contributed by atoms with E-state index in [0.29, 0.717) is 19.8 Å². The summed E-state index contributed by atoms with van der Waals surface area (Å²) in [5.41, 5.74) is 0.269. The van der Waals surface area contributed by atoms with Gasteiger partial charge in [0.15, 0.2) is 0 Å². The van der Waals surface area contributed by atoms with E-state index < -0.39 is 11.7 Å². The quantitative estimate of drug-likeness (QED) is 0.913. The molecule has 128 valence electrons. The average molecular weight is 355 g/mol. The number of carbonyl (C=O) groups excluding carboxylic acids is 1. The molecule has 1 aliphatic rings. The van der Waals surface area contributed by atoms with Crippen molar-refractivity contribution in [3.8, 4) is 11.3 Å². The smallest absolute Gasteiger partial charge is 0.257 e. The van der Waals surface area contributed by atoms with Crippen molar-refractivity contribution in [2.24, 2.45) is 0 Å². The van der Waals surface area contributed by atoms with Crippen LogP contribution in [0, 0.1) is 12.7 Å². The van der Waals surface area contributed by atoms with Gasteiger partial charge < -0.3 is 19.3 Å². The monoisotopic (exact) mass is 354 g/mol. The van der Waals surface area contributed by atoms with Crippen LogP contribution in [0.25, 0.3) is 11.3 Å². The minimum Gasteiger partial charge on any atom is -0.376 e. The zero-order valence-electron chi connectivity index (χ0n) is 13.0. The van der Waals surface area contributed by atoms with E-state index in [9.17, 15) is 9.18 Å². The van der Waals surface area contributed by atoms with E-state index in [1.807, 2.05) is 0 Å². The Hall–Kier alpha value is -1.96. The van der Waals surface area contributed by atoms with Crippen LogP contribution in [-0.2, 0) is 9.47 Å². The molecule has 1 saturated heterocycles. The molecule has 1 N–H and O–H groups in total. The van der Waals surface area contributed by atoms with E-state index in [4.69, 9.17) is 25.6 Å². The Labute approximate surface area is 142 Å². The van der Waals surface area contributed by atoms with Crippen molar-refractivity contribution in [1.29, 1.82) is 0 Å². The molecule has 1 amide bonds. The lowest BCUT2D eigenvalue weighted by Gasteiger charge is -2.23. The first-order chi connectivity index (χ1) is 11.6. The Morgan fingerprint density at radius 1 is 1.46 bits per heavy atom. The van der Waals surface area contributed by atoms with E-state index in [2.05, 4.69) is 10.5 Å². The maximum atomic E-state index is 14.1. The van der Waals surface area contributed by atoms with Gasteiger partial charge in [0, 0.05) is 6.54 Å². The van der Waals surface area contributed by atoms with Crippen molar-refractivity contribution in [3.05, 3.63) is 40.4 Å². The molecule has 0 spiro atoms. The molecule has 3 rings (SSSR count). The third kappa shape index (κ3) is 3.43. The molecule has 0 radical (unpaired) electrons. The summed E-state index contributed by atoms with van der Waals surface area (Å²) in [7, 11) is 0. The van der Waals surface area contributed by atoms with E-state index in [1.54, 1.807) is 6.92 Å². The van der Waals surface area contributed by atoms with Gasteiger partial charge in [0.2, 0.25) is 0 Å². The van der Waals surface area contributed by atoms with Crippen LogP contribution in [0.2, 0.25) is 5.02 Å². The van der Waals surface area contributed by atoms with E-state index in [0.717, 1.165) is 0 Å². The average Bonchev–Trinajstić information content (AvgIpc) is 2.95. The number of benzene rings is 1. The number of amides is 1. The highest BCUT2D eigenvalue weighted by Crippen LogP contribution is 2.33. The first-order valence-corrected chi connectivity index (χ1v) is 7.84. The van der Waals surface area contributed by atoms with Crippen molar-refractivity contribution in [2.45, 2.75) is 13.0 Å². The Balaban J connectivity index is 1.83. The first-order valence-electron chi connectivity index (χ1n) is 7.46. The summed E-state index contributed by atoms with van der Waals surface area (Å²) in [6.07, 6.45) is -0.219. The maximum absolute atomic E-state index is 14.1. The minimum atomic E-state index is -0.575. The third-order valence-electron chi connectivity index (χ3n) is 3.66. The van der Waals surface area contributed by atoms with Crippen LogP contribution in [-0.4, -0.2) is 43.5 Å². The highest BCUT2D eigenvalue weighted by atomic mass is 35.5. The molecule has 1 atom stereocenters. The zero-order valence-corrected chi connectivity index (χ0v) is 13.7. The van der Waals surface area contributed by atoms with Gasteiger partial charge in [-0.15, -0.1) is 0 Å².